The second-order valence-electron chi connectivity index (χ2n) is 4.53. The number of hydrazine groups is 1. The van der Waals surface area contributed by atoms with Gasteiger partial charge in [-0.2, -0.15) is 0 Å². The zero-order valence-corrected chi connectivity index (χ0v) is 11.3. The van der Waals surface area contributed by atoms with Gasteiger partial charge < -0.3 is 9.84 Å². The molecule has 7 heteroatoms. The van der Waals surface area contributed by atoms with Gasteiger partial charge in [0.2, 0.25) is 0 Å². The maximum Gasteiger partial charge on any atom is 0.338 e. The van der Waals surface area contributed by atoms with Gasteiger partial charge in [0.15, 0.2) is 0 Å². The Kier molecular flexibility index (Phi) is 3.45. The van der Waals surface area contributed by atoms with E-state index in [1.807, 2.05) is 30.3 Å². The number of fused-ring (bicyclic) bond motifs is 1. The van der Waals surface area contributed by atoms with E-state index in [1.54, 1.807) is 0 Å². The summed E-state index contributed by atoms with van der Waals surface area (Å²) in [5, 5.41) is 11.3. The maximum absolute atomic E-state index is 11.6. The third-order valence-electron chi connectivity index (χ3n) is 3.05. The first kappa shape index (κ1) is 13.6. The molecule has 0 aliphatic rings. The number of hydrogen-bond acceptors (Lipinski definition) is 6. The van der Waals surface area contributed by atoms with Crippen LogP contribution in [-0.2, 0) is 0 Å². The minimum atomic E-state index is -0.543. The molecule has 0 unspecified atom stereocenters. The van der Waals surface area contributed by atoms with Crippen LogP contribution in [0.15, 0.2) is 63.8 Å². The molecule has 0 atom stereocenters. The molecular formula is C15H11N3O4. The fourth-order valence-electron chi connectivity index (χ4n) is 2.03. The number of nitrogens with zero attached hydrogens (tertiary/aromatic N) is 1. The Labute approximate surface area is 124 Å². The number of non-ortho nitro benzene ring substituents is 1. The SMILES string of the molecule is O=c1cc(NNc2ccccc2)c2cc([N+](=O)[O-])ccc2o1. The number of nitro groups is 1. The van der Waals surface area contributed by atoms with Gasteiger partial charge in [0.05, 0.1) is 16.3 Å². The normalized spacial score (nSPS) is 10.4. The molecule has 0 amide bonds. The molecule has 0 aliphatic heterocycles. The highest BCUT2D eigenvalue weighted by molar-refractivity contribution is 5.91. The Morgan fingerprint density at radius 3 is 2.50 bits per heavy atom. The predicted molar refractivity (Wildman–Crippen MR) is 82.8 cm³/mol. The molecule has 0 saturated heterocycles. The first-order valence-corrected chi connectivity index (χ1v) is 6.43. The van der Waals surface area contributed by atoms with Gasteiger partial charge in [-0.05, 0) is 18.2 Å². The standard InChI is InChI=1S/C15H11N3O4/c19-15-9-13(17-16-10-4-2-1-3-5-10)12-8-11(18(20)21)6-7-14(12)22-15/h1-9,16-17H. The third kappa shape index (κ3) is 2.73. The lowest BCUT2D eigenvalue weighted by Crippen LogP contribution is -2.11. The summed E-state index contributed by atoms with van der Waals surface area (Å²) in [6.45, 7) is 0. The molecule has 110 valence electrons. The summed E-state index contributed by atoms with van der Waals surface area (Å²) in [5.41, 5.74) is 6.65. The van der Waals surface area contributed by atoms with E-state index in [2.05, 4.69) is 10.9 Å². The van der Waals surface area contributed by atoms with E-state index < -0.39 is 10.5 Å². The summed E-state index contributed by atoms with van der Waals surface area (Å²) in [7, 11) is 0. The maximum atomic E-state index is 11.6. The molecule has 1 aromatic heterocycles. The van der Waals surface area contributed by atoms with Crippen LogP contribution in [0.4, 0.5) is 17.1 Å². The monoisotopic (exact) mass is 297 g/mol. The van der Waals surface area contributed by atoms with Crippen molar-refractivity contribution >= 4 is 28.0 Å². The molecule has 3 rings (SSSR count). The molecule has 0 spiro atoms. The van der Waals surface area contributed by atoms with E-state index in [1.165, 1.54) is 24.3 Å². The zero-order chi connectivity index (χ0) is 15.5. The molecule has 0 fully saturated rings. The lowest BCUT2D eigenvalue weighted by Gasteiger charge is -2.11. The Hall–Kier alpha value is -3.35. The second-order valence-corrected chi connectivity index (χ2v) is 4.53. The van der Waals surface area contributed by atoms with Crippen molar-refractivity contribution in [2.75, 3.05) is 10.9 Å². The number of anilines is 2. The lowest BCUT2D eigenvalue weighted by atomic mass is 10.2. The average molecular weight is 297 g/mol. The molecule has 2 aromatic carbocycles. The molecule has 0 saturated carbocycles. The zero-order valence-electron chi connectivity index (χ0n) is 11.3. The van der Waals surface area contributed by atoms with Gasteiger partial charge in [0.25, 0.3) is 5.69 Å². The second kappa shape index (κ2) is 5.57. The van der Waals surface area contributed by atoms with Gasteiger partial charge in [-0.1, -0.05) is 18.2 Å². The molecule has 2 N–H and O–H groups in total. The first-order chi connectivity index (χ1) is 10.6. The van der Waals surface area contributed by atoms with E-state index in [0.29, 0.717) is 11.1 Å². The summed E-state index contributed by atoms with van der Waals surface area (Å²) in [4.78, 5) is 21.9. The van der Waals surface area contributed by atoms with Crippen LogP contribution in [0.5, 0.6) is 0 Å². The van der Waals surface area contributed by atoms with E-state index in [-0.39, 0.29) is 11.3 Å². The number of nitro benzene ring substituents is 1. The quantitative estimate of drug-likeness (QED) is 0.436. The van der Waals surface area contributed by atoms with Gasteiger partial charge in [-0.3, -0.25) is 15.5 Å². The largest absolute Gasteiger partial charge is 0.423 e. The van der Waals surface area contributed by atoms with Gasteiger partial charge in [-0.15, -0.1) is 0 Å². The van der Waals surface area contributed by atoms with Crippen LogP contribution < -0.4 is 16.5 Å². The molecule has 0 aliphatic carbocycles. The van der Waals surface area contributed by atoms with Crippen molar-refractivity contribution < 1.29 is 9.34 Å². The summed E-state index contributed by atoms with van der Waals surface area (Å²) in [6, 6.07) is 14.5. The van der Waals surface area contributed by atoms with E-state index in [4.69, 9.17) is 4.42 Å². The fraction of sp³-hybridized carbons (Fsp3) is 0. The molecule has 0 radical (unpaired) electrons. The minimum Gasteiger partial charge on any atom is -0.423 e. The summed E-state index contributed by atoms with van der Waals surface area (Å²) < 4.78 is 5.04. The average Bonchev–Trinajstić information content (AvgIpc) is 2.53. The lowest BCUT2D eigenvalue weighted by molar-refractivity contribution is -0.384. The van der Waals surface area contributed by atoms with Crippen LogP contribution in [0, 0.1) is 10.1 Å². The van der Waals surface area contributed by atoms with Crippen LogP contribution in [0.2, 0.25) is 0 Å². The van der Waals surface area contributed by atoms with Crippen molar-refractivity contribution in [3.05, 3.63) is 75.1 Å². The van der Waals surface area contributed by atoms with Crippen LogP contribution >= 0.6 is 0 Å². The van der Waals surface area contributed by atoms with Crippen molar-refractivity contribution in [1.82, 2.24) is 0 Å². The molecule has 7 nitrogen and oxygen atoms in total. The summed E-state index contributed by atoms with van der Waals surface area (Å²) >= 11 is 0. The van der Waals surface area contributed by atoms with Crippen molar-refractivity contribution in [2.45, 2.75) is 0 Å². The fourth-order valence-corrected chi connectivity index (χ4v) is 2.03. The van der Waals surface area contributed by atoms with Crippen LogP contribution in [-0.4, -0.2) is 4.92 Å². The van der Waals surface area contributed by atoms with E-state index in [0.717, 1.165) is 5.69 Å². The number of benzene rings is 2. The van der Waals surface area contributed by atoms with Gasteiger partial charge in [0, 0.05) is 23.6 Å². The Bertz CT molecular complexity index is 890. The van der Waals surface area contributed by atoms with Crippen molar-refractivity contribution in [3.8, 4) is 0 Å². The van der Waals surface area contributed by atoms with Crippen molar-refractivity contribution in [3.63, 3.8) is 0 Å². The van der Waals surface area contributed by atoms with Gasteiger partial charge in [-0.25, -0.2) is 4.79 Å². The van der Waals surface area contributed by atoms with Gasteiger partial charge in [0.1, 0.15) is 5.58 Å². The number of rotatable bonds is 4. The summed E-state index contributed by atoms with van der Waals surface area (Å²) in [5.74, 6) is 0. The number of hydrogen-bond donors (Lipinski definition) is 2. The highest BCUT2D eigenvalue weighted by Crippen LogP contribution is 2.26. The highest BCUT2D eigenvalue weighted by atomic mass is 16.6. The van der Waals surface area contributed by atoms with Gasteiger partial charge >= 0.3 is 5.63 Å². The third-order valence-corrected chi connectivity index (χ3v) is 3.05. The van der Waals surface area contributed by atoms with Crippen molar-refractivity contribution in [1.29, 1.82) is 0 Å². The predicted octanol–water partition coefficient (Wildman–Crippen LogP) is 3.14. The Morgan fingerprint density at radius 2 is 1.77 bits per heavy atom. The van der Waals surface area contributed by atoms with Crippen LogP contribution in [0.25, 0.3) is 11.0 Å². The highest BCUT2D eigenvalue weighted by Gasteiger charge is 2.11. The van der Waals surface area contributed by atoms with Crippen LogP contribution in [0.3, 0.4) is 0 Å². The summed E-state index contributed by atoms with van der Waals surface area (Å²) in [6.07, 6.45) is 0. The van der Waals surface area contributed by atoms with Crippen LogP contribution in [0.1, 0.15) is 0 Å². The Morgan fingerprint density at radius 1 is 1.00 bits per heavy atom. The Balaban J connectivity index is 2.01. The molecule has 3 aromatic rings. The molecular weight excluding hydrogens is 286 g/mol. The minimum absolute atomic E-state index is 0.0795. The molecule has 0 bridgehead atoms. The number of para-hydroxylation sites is 1. The molecule has 1 heterocycles. The smallest absolute Gasteiger partial charge is 0.338 e. The van der Waals surface area contributed by atoms with E-state index >= 15 is 0 Å². The van der Waals surface area contributed by atoms with E-state index in [9.17, 15) is 14.9 Å². The van der Waals surface area contributed by atoms with Crippen molar-refractivity contribution in [2.24, 2.45) is 0 Å². The topological polar surface area (TPSA) is 97.4 Å². The first-order valence-electron chi connectivity index (χ1n) is 6.43. The number of nitrogens with one attached hydrogen (secondary N) is 2. The molecule has 22 heavy (non-hydrogen) atoms.